The first-order valence-electron chi connectivity index (χ1n) is 7.23. The first-order valence-corrected chi connectivity index (χ1v) is 9.05. The van der Waals surface area contributed by atoms with E-state index in [0.29, 0.717) is 6.07 Å². The van der Waals surface area contributed by atoms with Crippen LogP contribution in [0.3, 0.4) is 0 Å². The molecule has 2 aromatic rings. The molecule has 0 amide bonds. The first-order chi connectivity index (χ1) is 12.1. The van der Waals surface area contributed by atoms with Crippen molar-refractivity contribution in [2.24, 2.45) is 0 Å². The van der Waals surface area contributed by atoms with Gasteiger partial charge in [-0.2, -0.15) is 13.2 Å². The number of anilines is 1. The van der Waals surface area contributed by atoms with Crippen molar-refractivity contribution in [3.05, 3.63) is 52.4 Å². The molecule has 26 heavy (non-hydrogen) atoms. The molecule has 1 aliphatic rings. The quantitative estimate of drug-likeness (QED) is 0.823. The van der Waals surface area contributed by atoms with Crippen molar-refractivity contribution >= 4 is 38.1 Å². The second-order valence-electron chi connectivity index (χ2n) is 5.26. The highest BCUT2D eigenvalue weighted by Gasteiger charge is 2.43. The minimum absolute atomic E-state index is 0.111. The zero-order valence-corrected chi connectivity index (χ0v) is 14.7. The highest BCUT2D eigenvalue weighted by Crippen LogP contribution is 2.44. The number of sulfonamides is 1. The van der Waals surface area contributed by atoms with E-state index < -0.39 is 38.0 Å². The van der Waals surface area contributed by atoms with Crippen molar-refractivity contribution in [2.75, 3.05) is 10.8 Å². The number of aromatic nitrogens is 2. The van der Waals surface area contributed by atoms with Gasteiger partial charge in [-0.25, -0.2) is 22.7 Å². The van der Waals surface area contributed by atoms with Gasteiger partial charge in [0.15, 0.2) is 11.6 Å². The van der Waals surface area contributed by atoms with E-state index in [1.54, 1.807) is 0 Å². The lowest BCUT2D eigenvalue weighted by atomic mass is 10.0. The molecule has 1 aliphatic heterocycles. The molecule has 0 fully saturated rings. The summed E-state index contributed by atoms with van der Waals surface area (Å²) in [6.45, 7) is 1.38. The van der Waals surface area contributed by atoms with Gasteiger partial charge in [-0.05, 0) is 19.1 Å². The molecule has 138 valence electrons. The minimum Gasteiger partial charge on any atom is -0.504 e. The topological polar surface area (TPSA) is 83.4 Å². The third kappa shape index (κ3) is 2.78. The number of fused-ring (bicyclic) bond motifs is 1. The van der Waals surface area contributed by atoms with Gasteiger partial charge in [-0.3, -0.25) is 0 Å². The Balaban J connectivity index is 2.42. The molecule has 11 heteroatoms. The zero-order chi connectivity index (χ0) is 19.3. The van der Waals surface area contributed by atoms with Crippen LogP contribution in [-0.2, 0) is 16.2 Å². The summed E-state index contributed by atoms with van der Waals surface area (Å²) < 4.78 is 66.9. The fraction of sp³-hybridized carbons (Fsp3) is 0.200. The standard InChI is InChI=1S/C15H11ClF3N3O3S/c1-2-22-14-11(20-5-6-21-14)12(23)13(26(22,24)25)9-4-3-8(16)7-10(9)15(17,18)19/h3-7,23H,2H2,1H3. The Hall–Kier alpha value is -2.33. The molecule has 0 saturated carbocycles. The number of aliphatic hydroxyl groups excluding tert-OH is 1. The zero-order valence-electron chi connectivity index (χ0n) is 13.1. The largest absolute Gasteiger partial charge is 0.504 e. The molecule has 0 atom stereocenters. The molecule has 6 nitrogen and oxygen atoms in total. The minimum atomic E-state index is -4.89. The summed E-state index contributed by atoms with van der Waals surface area (Å²) >= 11 is 5.65. The van der Waals surface area contributed by atoms with E-state index in [1.165, 1.54) is 19.3 Å². The molecule has 3 rings (SSSR count). The maximum Gasteiger partial charge on any atom is 0.417 e. The van der Waals surface area contributed by atoms with Crippen LogP contribution < -0.4 is 4.31 Å². The van der Waals surface area contributed by atoms with Gasteiger partial charge >= 0.3 is 6.18 Å². The van der Waals surface area contributed by atoms with Crippen LogP contribution >= 0.6 is 11.6 Å². The van der Waals surface area contributed by atoms with E-state index in [9.17, 15) is 26.7 Å². The molecule has 1 N–H and O–H groups in total. The van der Waals surface area contributed by atoms with E-state index in [0.717, 1.165) is 16.4 Å². The van der Waals surface area contributed by atoms with Crippen LogP contribution in [0.25, 0.3) is 10.7 Å². The van der Waals surface area contributed by atoms with E-state index >= 15 is 0 Å². The molecule has 2 heterocycles. The van der Waals surface area contributed by atoms with Crippen molar-refractivity contribution in [3.8, 4) is 0 Å². The fourth-order valence-electron chi connectivity index (χ4n) is 2.67. The predicted molar refractivity (Wildman–Crippen MR) is 89.9 cm³/mol. The summed E-state index contributed by atoms with van der Waals surface area (Å²) in [7, 11) is -4.51. The summed E-state index contributed by atoms with van der Waals surface area (Å²) in [4.78, 5) is 6.85. The molecule has 0 saturated heterocycles. The number of halogens is 4. The van der Waals surface area contributed by atoms with Gasteiger partial charge < -0.3 is 5.11 Å². The lowest BCUT2D eigenvalue weighted by Gasteiger charge is -2.30. The smallest absolute Gasteiger partial charge is 0.417 e. The second kappa shape index (κ2) is 6.13. The number of hydrogen-bond donors (Lipinski definition) is 1. The summed E-state index contributed by atoms with van der Waals surface area (Å²) in [6, 6.07) is 2.63. The van der Waals surface area contributed by atoms with Crippen LogP contribution in [0.15, 0.2) is 30.6 Å². The predicted octanol–water partition coefficient (Wildman–Crippen LogP) is 3.70. The molecule has 1 aromatic carbocycles. The van der Waals surface area contributed by atoms with Gasteiger partial charge in [0.05, 0.1) is 5.56 Å². The van der Waals surface area contributed by atoms with Crippen molar-refractivity contribution in [1.29, 1.82) is 0 Å². The summed E-state index contributed by atoms with van der Waals surface area (Å²) in [5, 5.41) is 10.2. The monoisotopic (exact) mass is 405 g/mol. The van der Waals surface area contributed by atoms with Gasteiger partial charge in [-0.15, -0.1) is 0 Å². The van der Waals surface area contributed by atoms with E-state index in [-0.39, 0.29) is 23.1 Å². The molecule has 0 unspecified atom stereocenters. The average Bonchev–Trinajstić information content (AvgIpc) is 2.55. The van der Waals surface area contributed by atoms with E-state index in [1.807, 2.05) is 0 Å². The van der Waals surface area contributed by atoms with Crippen LogP contribution in [0.5, 0.6) is 0 Å². The highest BCUT2D eigenvalue weighted by molar-refractivity contribution is 8.02. The van der Waals surface area contributed by atoms with Crippen LogP contribution in [-0.4, -0.2) is 30.0 Å². The number of benzene rings is 1. The number of alkyl halides is 3. The Morgan fingerprint density at radius 3 is 2.50 bits per heavy atom. The Kier molecular flexibility index (Phi) is 4.35. The number of aliphatic hydroxyl groups is 1. The van der Waals surface area contributed by atoms with Crippen molar-refractivity contribution in [3.63, 3.8) is 0 Å². The molecule has 0 aliphatic carbocycles. The van der Waals surface area contributed by atoms with Crippen molar-refractivity contribution in [2.45, 2.75) is 13.1 Å². The first kappa shape index (κ1) is 18.5. The van der Waals surface area contributed by atoms with Gasteiger partial charge in [0.2, 0.25) is 0 Å². The third-order valence-corrected chi connectivity index (χ3v) is 5.90. The maximum atomic E-state index is 13.4. The normalized spacial score (nSPS) is 16.6. The summed E-state index contributed by atoms with van der Waals surface area (Å²) in [5.74, 6) is -1.05. The van der Waals surface area contributed by atoms with Gasteiger partial charge in [-0.1, -0.05) is 17.7 Å². The van der Waals surface area contributed by atoms with Gasteiger partial charge in [0, 0.05) is 29.5 Å². The van der Waals surface area contributed by atoms with Gasteiger partial charge in [0.25, 0.3) is 10.0 Å². The number of rotatable bonds is 2. The van der Waals surface area contributed by atoms with Crippen molar-refractivity contribution < 1.29 is 26.7 Å². The molecule has 0 radical (unpaired) electrons. The van der Waals surface area contributed by atoms with Crippen LogP contribution in [0.4, 0.5) is 19.0 Å². The SMILES string of the molecule is CCN1c2nccnc2C(O)=C(c2ccc(Cl)cc2C(F)(F)F)S1(=O)=O. The van der Waals surface area contributed by atoms with Crippen LogP contribution in [0.2, 0.25) is 5.02 Å². The third-order valence-electron chi connectivity index (χ3n) is 3.72. The summed E-state index contributed by atoms with van der Waals surface area (Å²) in [5.41, 5.74) is -2.21. The van der Waals surface area contributed by atoms with Gasteiger partial charge in [0.1, 0.15) is 10.6 Å². The number of nitrogens with zero attached hydrogens (tertiary/aromatic N) is 3. The van der Waals surface area contributed by atoms with Crippen LogP contribution in [0.1, 0.15) is 23.7 Å². The Labute approximate surface area is 151 Å². The molecule has 0 bridgehead atoms. The van der Waals surface area contributed by atoms with E-state index in [2.05, 4.69) is 9.97 Å². The molecular weight excluding hydrogens is 395 g/mol. The Bertz CT molecular complexity index is 1020. The molecule has 1 aromatic heterocycles. The Morgan fingerprint density at radius 1 is 1.23 bits per heavy atom. The highest BCUT2D eigenvalue weighted by atomic mass is 35.5. The maximum absolute atomic E-state index is 13.4. The van der Waals surface area contributed by atoms with Crippen LogP contribution in [0, 0.1) is 0 Å². The van der Waals surface area contributed by atoms with Crippen molar-refractivity contribution in [1.82, 2.24) is 9.97 Å². The molecule has 0 spiro atoms. The average molecular weight is 406 g/mol. The Morgan fingerprint density at radius 2 is 1.88 bits per heavy atom. The van der Waals surface area contributed by atoms with E-state index in [4.69, 9.17) is 11.6 Å². The summed E-state index contributed by atoms with van der Waals surface area (Å²) in [6.07, 6.45) is -2.47. The lowest BCUT2D eigenvalue weighted by molar-refractivity contribution is -0.137. The fourth-order valence-corrected chi connectivity index (χ4v) is 4.56. The lowest BCUT2D eigenvalue weighted by Crippen LogP contribution is -2.36. The number of hydrogen-bond acceptors (Lipinski definition) is 5. The molecular formula is C15H11ClF3N3O3S. The second-order valence-corrected chi connectivity index (χ2v) is 7.50.